The first-order chi connectivity index (χ1) is 6.18. The highest BCUT2D eigenvalue weighted by atomic mass is 32.2. The second-order valence-corrected chi connectivity index (χ2v) is 3.15. The van der Waals surface area contributed by atoms with E-state index in [1.54, 1.807) is 0 Å². The minimum absolute atomic E-state index is 0.345. The minimum atomic E-state index is -0.882. The number of nitrogens with one attached hydrogen (secondary N) is 1. The molecule has 1 rings (SSSR count). The van der Waals surface area contributed by atoms with Gasteiger partial charge in [-0.1, -0.05) is 16.9 Å². The first kappa shape index (κ1) is 10.0. The largest absolute Gasteiger partial charge is 0.440 e. The summed E-state index contributed by atoms with van der Waals surface area (Å²) in [5.74, 6) is 0.0248. The average Bonchev–Trinajstić information content (AvgIpc) is 2.51. The molecule has 0 unspecified atom stereocenters. The van der Waals surface area contributed by atoms with Gasteiger partial charge in [-0.25, -0.2) is 4.79 Å². The van der Waals surface area contributed by atoms with Gasteiger partial charge in [0.25, 0.3) is 0 Å². The summed E-state index contributed by atoms with van der Waals surface area (Å²) in [5.41, 5.74) is 0. The van der Waals surface area contributed by atoms with Crippen molar-refractivity contribution in [3.63, 3.8) is 0 Å². The van der Waals surface area contributed by atoms with E-state index in [1.807, 2.05) is 5.32 Å². The molecule has 0 saturated carbocycles. The third-order valence-electron chi connectivity index (χ3n) is 1.04. The van der Waals surface area contributed by atoms with Crippen molar-refractivity contribution >= 4 is 28.8 Å². The molecule has 1 aliphatic rings. The number of oxime groups is 1. The molecule has 2 amide bonds. The Hall–Kier alpha value is -1.08. The maximum Gasteiger partial charge on any atom is 0.440 e. The van der Waals surface area contributed by atoms with Gasteiger partial charge in [-0.05, 0) is 0 Å². The summed E-state index contributed by atoms with van der Waals surface area (Å²) >= 11 is 1.34. The van der Waals surface area contributed by atoms with Crippen LogP contribution in [0.1, 0.15) is 6.92 Å². The van der Waals surface area contributed by atoms with Crippen LogP contribution >= 0.6 is 11.8 Å². The molecular formula is C6H8N2O4S. The van der Waals surface area contributed by atoms with Crippen LogP contribution in [0.5, 0.6) is 0 Å². The molecule has 1 heterocycles. The first-order valence-corrected chi connectivity index (χ1v) is 4.43. The van der Waals surface area contributed by atoms with Gasteiger partial charge in [-0.3, -0.25) is 14.9 Å². The molecule has 1 fully saturated rings. The Morgan fingerprint density at radius 2 is 2.46 bits per heavy atom. The highest BCUT2D eigenvalue weighted by Crippen LogP contribution is 2.12. The second-order valence-electron chi connectivity index (χ2n) is 2.16. The number of carbonyl (C=O) groups is 2. The van der Waals surface area contributed by atoms with Crippen molar-refractivity contribution in [2.75, 3.05) is 12.5 Å². The SMILES string of the molecule is CC(=O)NC(=O)ON=C1COCS1. The van der Waals surface area contributed by atoms with Crippen molar-refractivity contribution in [1.82, 2.24) is 5.32 Å². The zero-order valence-electron chi connectivity index (χ0n) is 6.90. The Bertz CT molecular complexity index is 245. The number of nitrogens with zero attached hydrogens (tertiary/aromatic N) is 1. The quantitative estimate of drug-likeness (QED) is 0.490. The predicted molar refractivity (Wildman–Crippen MR) is 46.1 cm³/mol. The lowest BCUT2D eigenvalue weighted by Crippen LogP contribution is -2.27. The zero-order chi connectivity index (χ0) is 9.68. The number of imide groups is 1. The Balaban J connectivity index is 2.28. The van der Waals surface area contributed by atoms with Crippen molar-refractivity contribution in [3.8, 4) is 0 Å². The topological polar surface area (TPSA) is 77.0 Å². The second kappa shape index (κ2) is 4.83. The van der Waals surface area contributed by atoms with Crippen LogP contribution in [0.2, 0.25) is 0 Å². The highest BCUT2D eigenvalue weighted by Gasteiger charge is 2.11. The smallest absolute Gasteiger partial charge is 0.363 e. The van der Waals surface area contributed by atoms with Gasteiger partial charge in [0.15, 0.2) is 0 Å². The molecule has 13 heavy (non-hydrogen) atoms. The van der Waals surface area contributed by atoms with E-state index in [-0.39, 0.29) is 0 Å². The Labute approximate surface area is 78.6 Å². The van der Waals surface area contributed by atoms with Crippen LogP contribution in [0.25, 0.3) is 0 Å². The molecule has 0 aromatic carbocycles. The molecule has 6 nitrogen and oxygen atoms in total. The van der Waals surface area contributed by atoms with E-state index in [9.17, 15) is 9.59 Å². The van der Waals surface area contributed by atoms with Gasteiger partial charge >= 0.3 is 6.09 Å². The van der Waals surface area contributed by atoms with E-state index in [0.717, 1.165) is 0 Å². The van der Waals surface area contributed by atoms with Gasteiger partial charge in [-0.15, -0.1) is 0 Å². The lowest BCUT2D eigenvalue weighted by Gasteiger charge is -1.96. The summed E-state index contributed by atoms with van der Waals surface area (Å²) < 4.78 is 4.92. The molecule has 1 saturated heterocycles. The zero-order valence-corrected chi connectivity index (χ0v) is 7.72. The van der Waals surface area contributed by atoms with Crippen LogP contribution in [-0.2, 0) is 14.4 Å². The van der Waals surface area contributed by atoms with Crippen LogP contribution in [0, 0.1) is 0 Å². The minimum Gasteiger partial charge on any atom is -0.363 e. The lowest BCUT2D eigenvalue weighted by molar-refractivity contribution is -0.118. The molecule has 72 valence electrons. The molecule has 0 bridgehead atoms. The fourth-order valence-electron chi connectivity index (χ4n) is 0.592. The molecule has 0 atom stereocenters. The van der Waals surface area contributed by atoms with Crippen molar-refractivity contribution in [1.29, 1.82) is 0 Å². The van der Waals surface area contributed by atoms with Gasteiger partial charge in [0, 0.05) is 6.92 Å². The predicted octanol–water partition coefficient (Wildman–Crippen LogP) is 0.294. The Kier molecular flexibility index (Phi) is 3.71. The number of amides is 2. The van der Waals surface area contributed by atoms with Crippen molar-refractivity contribution in [2.45, 2.75) is 6.92 Å². The Morgan fingerprint density at radius 1 is 1.69 bits per heavy atom. The summed E-state index contributed by atoms with van der Waals surface area (Å²) in [6.07, 6.45) is -0.882. The molecule has 0 spiro atoms. The van der Waals surface area contributed by atoms with Gasteiger partial charge in [0.2, 0.25) is 5.91 Å². The number of hydrogen-bond acceptors (Lipinski definition) is 6. The molecule has 0 aromatic heterocycles. The maximum absolute atomic E-state index is 10.7. The summed E-state index contributed by atoms with van der Waals surface area (Å²) in [5, 5.41) is 5.96. The maximum atomic E-state index is 10.7. The van der Waals surface area contributed by atoms with Crippen LogP contribution in [0.4, 0.5) is 4.79 Å². The fourth-order valence-corrected chi connectivity index (χ4v) is 1.15. The van der Waals surface area contributed by atoms with E-state index >= 15 is 0 Å². The van der Waals surface area contributed by atoms with Gasteiger partial charge in [-0.2, -0.15) is 0 Å². The molecule has 1 aliphatic heterocycles. The summed E-state index contributed by atoms with van der Waals surface area (Å²) in [4.78, 5) is 25.4. The third kappa shape index (κ3) is 3.90. The first-order valence-electron chi connectivity index (χ1n) is 3.44. The van der Waals surface area contributed by atoms with Crippen LogP contribution in [0.15, 0.2) is 5.16 Å². The number of rotatable bonds is 1. The molecule has 0 aliphatic carbocycles. The third-order valence-corrected chi connectivity index (χ3v) is 1.85. The van der Waals surface area contributed by atoms with Crippen molar-refractivity contribution < 1.29 is 19.2 Å². The van der Waals surface area contributed by atoms with E-state index in [0.29, 0.717) is 17.6 Å². The number of carbonyl (C=O) groups excluding carboxylic acids is 2. The monoisotopic (exact) mass is 204 g/mol. The number of ether oxygens (including phenoxy) is 1. The highest BCUT2D eigenvalue weighted by molar-refractivity contribution is 8.14. The summed E-state index contributed by atoms with van der Waals surface area (Å²) in [7, 11) is 0. The molecule has 1 N–H and O–H groups in total. The number of thioether (sulfide) groups is 1. The van der Waals surface area contributed by atoms with Crippen LogP contribution < -0.4 is 5.32 Å². The van der Waals surface area contributed by atoms with E-state index in [4.69, 9.17) is 4.74 Å². The lowest BCUT2D eigenvalue weighted by atomic mass is 10.7. The molecule has 7 heteroatoms. The molecule has 0 aromatic rings. The van der Waals surface area contributed by atoms with Crippen molar-refractivity contribution in [3.05, 3.63) is 0 Å². The van der Waals surface area contributed by atoms with E-state index in [1.165, 1.54) is 18.7 Å². The van der Waals surface area contributed by atoms with Crippen LogP contribution in [0.3, 0.4) is 0 Å². The van der Waals surface area contributed by atoms with E-state index in [2.05, 4.69) is 9.99 Å². The van der Waals surface area contributed by atoms with Gasteiger partial charge in [0.05, 0.1) is 12.5 Å². The summed E-state index contributed by atoms with van der Waals surface area (Å²) in [6.45, 7) is 1.56. The molecule has 0 radical (unpaired) electrons. The Morgan fingerprint density at radius 3 is 3.00 bits per heavy atom. The van der Waals surface area contributed by atoms with Gasteiger partial charge < -0.3 is 4.74 Å². The normalized spacial score (nSPS) is 18.7. The van der Waals surface area contributed by atoms with Crippen molar-refractivity contribution in [2.24, 2.45) is 5.16 Å². The summed E-state index contributed by atoms with van der Waals surface area (Å²) in [6, 6.07) is 0. The van der Waals surface area contributed by atoms with Crippen LogP contribution in [-0.4, -0.2) is 29.6 Å². The molecular weight excluding hydrogens is 196 g/mol. The fraction of sp³-hybridized carbons (Fsp3) is 0.500. The number of hydrogen-bond donors (Lipinski definition) is 1. The standard InChI is InChI=1S/C6H8N2O4S/c1-4(9)7-6(10)12-8-5-2-11-3-13-5/h2-3H2,1H3,(H,7,9,10). The van der Waals surface area contributed by atoms with Gasteiger partial charge in [0.1, 0.15) is 5.04 Å². The average molecular weight is 204 g/mol. The van der Waals surface area contributed by atoms with E-state index < -0.39 is 12.0 Å².